The number of aliphatic hydroxyl groups is 2. The van der Waals surface area contributed by atoms with Gasteiger partial charge in [-0.25, -0.2) is 0 Å². The number of aryl methyl sites for hydroxylation is 1. The molecule has 0 radical (unpaired) electrons. The lowest BCUT2D eigenvalue weighted by atomic mass is 10.1. The second-order valence-electron chi connectivity index (χ2n) is 3.36. The fraction of sp³-hybridized carbons (Fsp3) is 0.364. The summed E-state index contributed by atoms with van der Waals surface area (Å²) < 4.78 is 0. The molecule has 1 rings (SSSR count). The van der Waals surface area contributed by atoms with Gasteiger partial charge in [0.05, 0.1) is 24.3 Å². The Hall–Kier alpha value is -1.57. The van der Waals surface area contributed by atoms with E-state index >= 15 is 0 Å². The molecule has 0 saturated carbocycles. The largest absolute Gasteiger partial charge is 0.394 e. The van der Waals surface area contributed by atoms with Gasteiger partial charge < -0.3 is 15.5 Å². The molecule has 0 amide bonds. The summed E-state index contributed by atoms with van der Waals surface area (Å²) in [5.74, 6) is 0. The third-order valence-electron chi connectivity index (χ3n) is 2.11. The van der Waals surface area contributed by atoms with E-state index in [2.05, 4.69) is 11.4 Å². The van der Waals surface area contributed by atoms with Gasteiger partial charge in [0, 0.05) is 12.2 Å². The maximum Gasteiger partial charge on any atom is 0.0995 e. The molecule has 1 aromatic rings. The van der Waals surface area contributed by atoms with Gasteiger partial charge >= 0.3 is 0 Å². The Morgan fingerprint density at radius 1 is 1.53 bits per heavy atom. The number of anilines is 1. The average molecular weight is 206 g/mol. The van der Waals surface area contributed by atoms with Crippen molar-refractivity contribution < 1.29 is 10.2 Å². The number of benzene rings is 1. The summed E-state index contributed by atoms with van der Waals surface area (Å²) >= 11 is 0. The Morgan fingerprint density at radius 2 is 2.27 bits per heavy atom. The Kier molecular flexibility index (Phi) is 4.10. The summed E-state index contributed by atoms with van der Waals surface area (Å²) in [6.07, 6.45) is -0.781. The Bertz CT molecular complexity index is 371. The smallest absolute Gasteiger partial charge is 0.0995 e. The van der Waals surface area contributed by atoms with Crippen molar-refractivity contribution in [2.24, 2.45) is 0 Å². The van der Waals surface area contributed by atoms with Gasteiger partial charge in [-0.3, -0.25) is 0 Å². The highest BCUT2D eigenvalue weighted by Crippen LogP contribution is 2.14. The zero-order valence-electron chi connectivity index (χ0n) is 8.57. The number of aliphatic hydroxyl groups excluding tert-OH is 2. The van der Waals surface area contributed by atoms with E-state index in [-0.39, 0.29) is 13.2 Å². The first-order valence-corrected chi connectivity index (χ1v) is 4.71. The number of nitriles is 1. The minimum absolute atomic E-state index is 0.268. The fourth-order valence-corrected chi connectivity index (χ4v) is 1.15. The molecule has 0 saturated heterocycles. The molecule has 0 aliphatic heterocycles. The number of hydrogen-bond acceptors (Lipinski definition) is 4. The predicted molar refractivity (Wildman–Crippen MR) is 57.5 cm³/mol. The van der Waals surface area contributed by atoms with Crippen LogP contribution in [0.25, 0.3) is 0 Å². The molecule has 0 bridgehead atoms. The van der Waals surface area contributed by atoms with Crippen LogP contribution in [0.3, 0.4) is 0 Å². The molecule has 15 heavy (non-hydrogen) atoms. The summed E-state index contributed by atoms with van der Waals surface area (Å²) in [6, 6.07) is 7.48. The zero-order chi connectivity index (χ0) is 11.3. The van der Waals surface area contributed by atoms with Crippen molar-refractivity contribution >= 4 is 5.69 Å². The lowest BCUT2D eigenvalue weighted by Gasteiger charge is -2.10. The van der Waals surface area contributed by atoms with Gasteiger partial charge in [-0.05, 0) is 24.6 Å². The first-order chi connectivity index (χ1) is 7.17. The summed E-state index contributed by atoms with van der Waals surface area (Å²) in [6.45, 7) is 1.86. The van der Waals surface area contributed by atoms with E-state index in [1.807, 2.05) is 19.1 Å². The number of nitrogens with zero attached hydrogens (tertiary/aromatic N) is 1. The van der Waals surface area contributed by atoms with Crippen LogP contribution < -0.4 is 5.32 Å². The molecular formula is C11H14N2O2. The van der Waals surface area contributed by atoms with Crippen molar-refractivity contribution in [3.8, 4) is 6.07 Å². The van der Waals surface area contributed by atoms with E-state index in [4.69, 9.17) is 15.5 Å². The molecule has 1 atom stereocenters. The second kappa shape index (κ2) is 5.35. The molecule has 1 unspecified atom stereocenters. The van der Waals surface area contributed by atoms with E-state index in [9.17, 15) is 0 Å². The SMILES string of the molecule is Cc1ccc(NCC(O)CO)cc1C#N. The Labute approximate surface area is 88.8 Å². The molecule has 0 spiro atoms. The van der Waals surface area contributed by atoms with Crippen molar-refractivity contribution in [1.82, 2.24) is 0 Å². The highest BCUT2D eigenvalue weighted by Gasteiger charge is 2.02. The van der Waals surface area contributed by atoms with E-state index in [1.54, 1.807) is 6.07 Å². The van der Waals surface area contributed by atoms with Gasteiger partial charge in [-0.1, -0.05) is 6.07 Å². The Balaban J connectivity index is 2.67. The zero-order valence-corrected chi connectivity index (χ0v) is 8.57. The van der Waals surface area contributed by atoms with Gasteiger partial charge in [0.1, 0.15) is 0 Å². The fourth-order valence-electron chi connectivity index (χ4n) is 1.15. The monoisotopic (exact) mass is 206 g/mol. The molecule has 80 valence electrons. The van der Waals surface area contributed by atoms with Crippen LogP contribution in [0.4, 0.5) is 5.69 Å². The molecule has 0 aromatic heterocycles. The van der Waals surface area contributed by atoms with Crippen LogP contribution in [0, 0.1) is 18.3 Å². The molecule has 0 heterocycles. The van der Waals surface area contributed by atoms with Gasteiger partial charge in [-0.2, -0.15) is 5.26 Å². The van der Waals surface area contributed by atoms with Crippen molar-refractivity contribution in [2.75, 3.05) is 18.5 Å². The van der Waals surface area contributed by atoms with Gasteiger partial charge in [0.2, 0.25) is 0 Å². The van der Waals surface area contributed by atoms with Crippen LogP contribution in [0.2, 0.25) is 0 Å². The Morgan fingerprint density at radius 3 is 2.87 bits per heavy atom. The molecule has 4 heteroatoms. The van der Waals surface area contributed by atoms with Crippen LogP contribution in [-0.4, -0.2) is 29.5 Å². The molecular weight excluding hydrogens is 192 g/mol. The highest BCUT2D eigenvalue weighted by atomic mass is 16.3. The summed E-state index contributed by atoms with van der Waals surface area (Å²) in [5.41, 5.74) is 2.30. The maximum absolute atomic E-state index is 9.12. The molecule has 1 aromatic carbocycles. The van der Waals surface area contributed by atoms with Crippen molar-refractivity contribution in [3.05, 3.63) is 29.3 Å². The normalized spacial score (nSPS) is 11.9. The molecule has 0 aliphatic carbocycles. The second-order valence-corrected chi connectivity index (χ2v) is 3.36. The molecule has 0 fully saturated rings. The molecule has 3 N–H and O–H groups in total. The third-order valence-corrected chi connectivity index (χ3v) is 2.11. The third kappa shape index (κ3) is 3.24. The summed E-state index contributed by atoms with van der Waals surface area (Å²) in [7, 11) is 0. The summed E-state index contributed by atoms with van der Waals surface area (Å²) in [5, 5.41) is 29.5. The topological polar surface area (TPSA) is 76.3 Å². The molecule has 0 aliphatic rings. The van der Waals surface area contributed by atoms with Crippen molar-refractivity contribution in [1.29, 1.82) is 5.26 Å². The first-order valence-electron chi connectivity index (χ1n) is 4.71. The molecule has 4 nitrogen and oxygen atoms in total. The predicted octanol–water partition coefficient (Wildman–Crippen LogP) is 0.632. The minimum atomic E-state index is -0.781. The first kappa shape index (κ1) is 11.5. The lowest BCUT2D eigenvalue weighted by molar-refractivity contribution is 0.105. The van der Waals surface area contributed by atoms with Gasteiger partial charge in [0.15, 0.2) is 0 Å². The number of nitrogens with one attached hydrogen (secondary N) is 1. The van der Waals surface area contributed by atoms with Crippen LogP contribution in [0.1, 0.15) is 11.1 Å². The van der Waals surface area contributed by atoms with Gasteiger partial charge in [-0.15, -0.1) is 0 Å². The standard InChI is InChI=1S/C11H14N2O2/c1-8-2-3-10(4-9(8)5-12)13-6-11(15)7-14/h2-4,11,13-15H,6-7H2,1H3. The van der Waals surface area contributed by atoms with Crippen LogP contribution in [-0.2, 0) is 0 Å². The van der Waals surface area contributed by atoms with Crippen LogP contribution in [0.5, 0.6) is 0 Å². The van der Waals surface area contributed by atoms with E-state index in [1.165, 1.54) is 0 Å². The van der Waals surface area contributed by atoms with Crippen molar-refractivity contribution in [3.63, 3.8) is 0 Å². The van der Waals surface area contributed by atoms with Crippen LogP contribution >= 0.6 is 0 Å². The number of hydrogen-bond donors (Lipinski definition) is 3. The highest BCUT2D eigenvalue weighted by molar-refractivity contribution is 5.52. The maximum atomic E-state index is 9.12. The summed E-state index contributed by atoms with van der Waals surface area (Å²) in [4.78, 5) is 0. The van der Waals surface area contributed by atoms with E-state index < -0.39 is 6.10 Å². The number of rotatable bonds is 4. The average Bonchev–Trinajstić information content (AvgIpc) is 2.27. The van der Waals surface area contributed by atoms with Crippen LogP contribution in [0.15, 0.2) is 18.2 Å². The van der Waals surface area contributed by atoms with E-state index in [0.29, 0.717) is 5.56 Å². The lowest BCUT2D eigenvalue weighted by Crippen LogP contribution is -2.22. The van der Waals surface area contributed by atoms with Crippen molar-refractivity contribution in [2.45, 2.75) is 13.0 Å². The van der Waals surface area contributed by atoms with Gasteiger partial charge in [0.25, 0.3) is 0 Å². The minimum Gasteiger partial charge on any atom is -0.394 e. The van der Waals surface area contributed by atoms with E-state index in [0.717, 1.165) is 11.3 Å². The quantitative estimate of drug-likeness (QED) is 0.675.